The second-order valence-corrected chi connectivity index (χ2v) is 7.64. The van der Waals surface area contributed by atoms with Crippen LogP contribution >= 0.6 is 0 Å². The van der Waals surface area contributed by atoms with Crippen LogP contribution < -0.4 is 0 Å². The van der Waals surface area contributed by atoms with Crippen molar-refractivity contribution in [3.05, 3.63) is 101 Å². The molecule has 30 heavy (non-hydrogen) atoms. The average Bonchev–Trinajstić information content (AvgIpc) is 3.16. The van der Waals surface area contributed by atoms with E-state index in [1.807, 2.05) is 74.8 Å². The number of ketones is 1. The van der Waals surface area contributed by atoms with Crippen molar-refractivity contribution in [2.24, 2.45) is 7.05 Å². The number of pyridine rings is 1. The highest BCUT2D eigenvalue weighted by Crippen LogP contribution is 2.31. The Kier molecular flexibility index (Phi) is 5.53. The smallest absolute Gasteiger partial charge is 0.149 e. The first kappa shape index (κ1) is 19.7. The minimum atomic E-state index is -0.324. The Balaban J connectivity index is 1.70. The largest absolute Gasteiger partial charge is 0.298 e. The highest BCUT2D eigenvalue weighted by molar-refractivity contribution is 5.91. The lowest BCUT2D eigenvalue weighted by Crippen LogP contribution is -2.17. The second-order valence-electron chi connectivity index (χ2n) is 7.64. The van der Waals surface area contributed by atoms with Crippen molar-refractivity contribution in [2.75, 3.05) is 0 Å². The third-order valence-corrected chi connectivity index (χ3v) is 5.30. The van der Waals surface area contributed by atoms with Gasteiger partial charge >= 0.3 is 0 Å². The quantitative estimate of drug-likeness (QED) is 0.483. The molecule has 0 saturated carbocycles. The molecule has 0 spiro atoms. The standard InChI is InChI=1S/C25H24N4O/c1-17-6-4-5-7-22(17)25(24(30)15-19-12-13-26-18(2)14-19)21-10-8-20(9-11-21)23-16-29(3)28-27-23/h4-14,16,25H,15H2,1-3H3. The average molecular weight is 396 g/mol. The molecule has 1 unspecified atom stereocenters. The van der Waals surface area contributed by atoms with Gasteiger partial charge in [-0.25, -0.2) is 0 Å². The monoisotopic (exact) mass is 396 g/mol. The molecule has 2 aromatic heterocycles. The molecule has 0 amide bonds. The van der Waals surface area contributed by atoms with Crippen molar-refractivity contribution < 1.29 is 4.79 Å². The first-order valence-electron chi connectivity index (χ1n) is 9.97. The number of aromatic nitrogens is 4. The van der Waals surface area contributed by atoms with Gasteiger partial charge in [-0.3, -0.25) is 14.5 Å². The molecule has 1 atom stereocenters. The molecule has 4 aromatic rings. The van der Waals surface area contributed by atoms with Crippen LogP contribution in [0.25, 0.3) is 11.3 Å². The minimum absolute atomic E-state index is 0.169. The van der Waals surface area contributed by atoms with Crippen LogP contribution in [0.3, 0.4) is 0 Å². The van der Waals surface area contributed by atoms with Gasteiger partial charge < -0.3 is 0 Å². The molecule has 4 rings (SSSR count). The molecule has 5 nitrogen and oxygen atoms in total. The number of carbonyl (C=O) groups is 1. The molecule has 0 radical (unpaired) electrons. The predicted molar refractivity (Wildman–Crippen MR) is 117 cm³/mol. The third-order valence-electron chi connectivity index (χ3n) is 5.30. The predicted octanol–water partition coefficient (Wildman–Crippen LogP) is 4.44. The highest BCUT2D eigenvalue weighted by Gasteiger charge is 2.24. The zero-order valence-electron chi connectivity index (χ0n) is 17.4. The van der Waals surface area contributed by atoms with Crippen LogP contribution in [0, 0.1) is 13.8 Å². The minimum Gasteiger partial charge on any atom is -0.298 e. The summed E-state index contributed by atoms with van der Waals surface area (Å²) in [6.07, 6.45) is 4.01. The number of Topliss-reactive ketones (excluding diaryl/α,β-unsaturated/α-hetero) is 1. The van der Waals surface area contributed by atoms with Gasteiger partial charge in [-0.05, 0) is 48.2 Å². The number of rotatable bonds is 6. The van der Waals surface area contributed by atoms with Gasteiger partial charge in [-0.15, -0.1) is 5.10 Å². The van der Waals surface area contributed by atoms with E-state index in [9.17, 15) is 4.79 Å². The fourth-order valence-electron chi connectivity index (χ4n) is 3.79. The van der Waals surface area contributed by atoms with E-state index >= 15 is 0 Å². The van der Waals surface area contributed by atoms with E-state index in [0.29, 0.717) is 6.42 Å². The Morgan fingerprint density at radius 1 is 1.03 bits per heavy atom. The molecular weight excluding hydrogens is 372 g/mol. The summed E-state index contributed by atoms with van der Waals surface area (Å²) in [5.41, 5.74) is 6.83. The molecule has 0 bridgehead atoms. The van der Waals surface area contributed by atoms with Crippen molar-refractivity contribution in [3.63, 3.8) is 0 Å². The summed E-state index contributed by atoms with van der Waals surface area (Å²) in [5.74, 6) is -0.155. The van der Waals surface area contributed by atoms with Gasteiger partial charge in [0.25, 0.3) is 0 Å². The first-order valence-corrected chi connectivity index (χ1v) is 9.97. The summed E-state index contributed by atoms with van der Waals surface area (Å²) in [4.78, 5) is 17.7. The number of hydrogen-bond acceptors (Lipinski definition) is 4. The van der Waals surface area contributed by atoms with Gasteiger partial charge in [0.05, 0.1) is 12.1 Å². The van der Waals surface area contributed by atoms with Crippen molar-refractivity contribution in [1.29, 1.82) is 0 Å². The molecule has 0 N–H and O–H groups in total. The van der Waals surface area contributed by atoms with E-state index < -0.39 is 0 Å². The lowest BCUT2D eigenvalue weighted by molar-refractivity contribution is -0.119. The Hall–Kier alpha value is -3.60. The number of carbonyl (C=O) groups excluding carboxylic acids is 1. The van der Waals surface area contributed by atoms with E-state index in [1.165, 1.54) is 0 Å². The van der Waals surface area contributed by atoms with Gasteiger partial charge in [0.15, 0.2) is 0 Å². The molecule has 0 fully saturated rings. The summed E-state index contributed by atoms with van der Waals surface area (Å²) in [6, 6.07) is 20.1. The zero-order chi connectivity index (χ0) is 21.1. The molecular formula is C25H24N4O. The molecule has 2 heterocycles. The van der Waals surface area contributed by atoms with Crippen molar-refractivity contribution in [1.82, 2.24) is 20.0 Å². The Labute approximate surface area is 176 Å². The summed E-state index contributed by atoms with van der Waals surface area (Å²) in [5, 5.41) is 8.17. The normalized spacial score (nSPS) is 12.0. The maximum absolute atomic E-state index is 13.5. The molecule has 0 aliphatic heterocycles. The van der Waals surface area contributed by atoms with Gasteiger partial charge in [-0.1, -0.05) is 53.7 Å². The third kappa shape index (κ3) is 4.20. The Morgan fingerprint density at radius 2 is 1.80 bits per heavy atom. The molecule has 5 heteroatoms. The highest BCUT2D eigenvalue weighted by atomic mass is 16.1. The van der Waals surface area contributed by atoms with Crippen molar-refractivity contribution >= 4 is 5.78 Å². The summed E-state index contributed by atoms with van der Waals surface area (Å²) in [7, 11) is 1.85. The van der Waals surface area contributed by atoms with Crippen molar-refractivity contribution in [3.8, 4) is 11.3 Å². The van der Waals surface area contributed by atoms with E-state index in [4.69, 9.17) is 0 Å². The maximum atomic E-state index is 13.5. The van der Waals surface area contributed by atoms with Crippen molar-refractivity contribution in [2.45, 2.75) is 26.2 Å². The van der Waals surface area contributed by atoms with Gasteiger partial charge in [-0.2, -0.15) is 0 Å². The molecule has 0 saturated heterocycles. The zero-order valence-corrected chi connectivity index (χ0v) is 17.4. The van der Waals surface area contributed by atoms with Crippen LogP contribution in [-0.2, 0) is 18.3 Å². The number of nitrogens with zero attached hydrogens (tertiary/aromatic N) is 4. The van der Waals surface area contributed by atoms with Gasteiger partial charge in [0.2, 0.25) is 0 Å². The Bertz CT molecular complexity index is 1180. The molecule has 150 valence electrons. The van der Waals surface area contributed by atoms with Gasteiger partial charge in [0.1, 0.15) is 11.5 Å². The van der Waals surface area contributed by atoms with Crippen LogP contribution in [0.1, 0.15) is 33.9 Å². The van der Waals surface area contributed by atoms with Crippen LogP contribution in [0.4, 0.5) is 0 Å². The summed E-state index contributed by atoms with van der Waals surface area (Å²) >= 11 is 0. The molecule has 0 aliphatic rings. The van der Waals surface area contributed by atoms with Crippen LogP contribution in [0.5, 0.6) is 0 Å². The van der Waals surface area contributed by atoms with E-state index in [-0.39, 0.29) is 11.7 Å². The molecule has 2 aromatic carbocycles. The summed E-state index contributed by atoms with van der Waals surface area (Å²) < 4.78 is 1.68. The van der Waals surface area contributed by atoms with E-state index in [1.54, 1.807) is 10.9 Å². The number of hydrogen-bond donors (Lipinski definition) is 0. The van der Waals surface area contributed by atoms with E-state index in [0.717, 1.165) is 39.2 Å². The van der Waals surface area contributed by atoms with Crippen LogP contribution in [0.15, 0.2) is 73.1 Å². The van der Waals surface area contributed by atoms with Gasteiger partial charge in [0, 0.05) is 30.9 Å². The molecule has 0 aliphatic carbocycles. The fraction of sp³-hybridized carbons (Fsp3) is 0.200. The SMILES string of the molecule is Cc1cc(CC(=O)C(c2ccc(-c3cn(C)nn3)cc2)c2ccccc2C)ccn1. The van der Waals surface area contributed by atoms with Crippen LogP contribution in [0.2, 0.25) is 0 Å². The first-order chi connectivity index (χ1) is 14.5. The fourth-order valence-corrected chi connectivity index (χ4v) is 3.79. The van der Waals surface area contributed by atoms with E-state index in [2.05, 4.69) is 28.3 Å². The second kappa shape index (κ2) is 8.41. The number of aryl methyl sites for hydroxylation is 3. The lowest BCUT2D eigenvalue weighted by Gasteiger charge is -2.19. The Morgan fingerprint density at radius 3 is 2.47 bits per heavy atom. The summed E-state index contributed by atoms with van der Waals surface area (Å²) in [6.45, 7) is 4.00. The lowest BCUT2D eigenvalue weighted by atomic mass is 9.83. The maximum Gasteiger partial charge on any atom is 0.149 e. The topological polar surface area (TPSA) is 60.7 Å². The van der Waals surface area contributed by atoms with Crippen LogP contribution in [-0.4, -0.2) is 25.8 Å². The number of benzene rings is 2.